The molecule has 22 heavy (non-hydrogen) atoms. The number of aromatic nitrogens is 2. The van der Waals surface area contributed by atoms with Crippen LogP contribution in [0.25, 0.3) is 0 Å². The van der Waals surface area contributed by atoms with Crippen molar-refractivity contribution in [2.75, 3.05) is 5.50 Å². The van der Waals surface area contributed by atoms with Crippen molar-refractivity contribution in [2.24, 2.45) is 0 Å². The molecule has 0 saturated carbocycles. The molecule has 1 atom stereocenters. The molecule has 120 valence electrons. The van der Waals surface area contributed by atoms with Gasteiger partial charge in [0, 0.05) is 29.5 Å². The van der Waals surface area contributed by atoms with E-state index in [0.717, 1.165) is 6.07 Å². The molecule has 0 N–H and O–H groups in total. The summed E-state index contributed by atoms with van der Waals surface area (Å²) in [6.45, 7) is 6.09. The van der Waals surface area contributed by atoms with Crippen molar-refractivity contribution in [3.05, 3.63) is 54.1 Å². The van der Waals surface area contributed by atoms with Gasteiger partial charge >= 0.3 is 0 Å². The van der Waals surface area contributed by atoms with E-state index in [1.54, 1.807) is 25.6 Å². The summed E-state index contributed by atoms with van der Waals surface area (Å²) in [5.74, 6) is -1.23. The highest BCUT2D eigenvalue weighted by atomic mass is 35.5. The third kappa shape index (κ3) is 3.94. The van der Waals surface area contributed by atoms with Gasteiger partial charge in [0.25, 0.3) is 0 Å². The molecule has 1 heterocycles. The van der Waals surface area contributed by atoms with Gasteiger partial charge < -0.3 is 8.99 Å². The average molecular weight is 345 g/mol. The molecule has 0 amide bonds. The third-order valence-corrected chi connectivity index (χ3v) is 6.95. The molecule has 0 bridgehead atoms. The van der Waals surface area contributed by atoms with Gasteiger partial charge in [0.2, 0.25) is 8.32 Å². The Morgan fingerprint density at radius 3 is 2.64 bits per heavy atom. The maximum atomic E-state index is 14.3. The molecular formula is C15H19ClF2N2OSi. The van der Waals surface area contributed by atoms with Crippen molar-refractivity contribution in [3.63, 3.8) is 0 Å². The lowest BCUT2D eigenvalue weighted by atomic mass is 9.95. The van der Waals surface area contributed by atoms with E-state index >= 15 is 0 Å². The normalized spacial score (nSPS) is 14.8. The molecule has 0 aliphatic heterocycles. The second kappa shape index (κ2) is 6.48. The van der Waals surface area contributed by atoms with Gasteiger partial charge in [-0.25, -0.2) is 13.8 Å². The number of benzene rings is 1. The highest BCUT2D eigenvalue weighted by Crippen LogP contribution is 2.33. The highest BCUT2D eigenvalue weighted by Gasteiger charge is 2.38. The van der Waals surface area contributed by atoms with Gasteiger partial charge in [-0.05, 0) is 26.1 Å². The number of alkyl halides is 1. The zero-order valence-electron chi connectivity index (χ0n) is 12.8. The SMILES string of the molecule is CC(Cn1ccnc1)(O[Si](C)(C)CCl)c1ccc(F)cc1F. The first-order chi connectivity index (χ1) is 10.3. The quantitative estimate of drug-likeness (QED) is 0.583. The topological polar surface area (TPSA) is 27.1 Å². The lowest BCUT2D eigenvalue weighted by Crippen LogP contribution is -2.45. The Labute approximate surface area is 135 Å². The van der Waals surface area contributed by atoms with Crippen LogP contribution in [-0.2, 0) is 16.6 Å². The van der Waals surface area contributed by atoms with Crippen LogP contribution in [-0.4, -0.2) is 23.4 Å². The number of hydrogen-bond acceptors (Lipinski definition) is 2. The van der Waals surface area contributed by atoms with Gasteiger partial charge in [0.05, 0.1) is 18.5 Å². The zero-order chi connectivity index (χ0) is 16.4. The highest BCUT2D eigenvalue weighted by molar-refractivity contribution is 6.77. The number of nitrogens with zero attached hydrogens (tertiary/aromatic N) is 2. The number of imidazole rings is 1. The van der Waals surface area contributed by atoms with Crippen LogP contribution in [0.15, 0.2) is 36.9 Å². The second-order valence-electron chi connectivity index (χ2n) is 6.09. The molecule has 3 nitrogen and oxygen atoms in total. The van der Waals surface area contributed by atoms with Gasteiger partial charge in [0.1, 0.15) is 11.6 Å². The average Bonchev–Trinajstić information content (AvgIpc) is 2.90. The van der Waals surface area contributed by atoms with Crippen molar-refractivity contribution in [1.82, 2.24) is 9.55 Å². The van der Waals surface area contributed by atoms with E-state index in [4.69, 9.17) is 16.0 Å². The summed E-state index contributed by atoms with van der Waals surface area (Å²) in [6, 6.07) is 3.55. The molecule has 0 aliphatic carbocycles. The van der Waals surface area contributed by atoms with Crippen LogP contribution < -0.4 is 0 Å². The largest absolute Gasteiger partial charge is 0.405 e. The Hall–Kier alpha value is -1.24. The van der Waals surface area contributed by atoms with Crippen molar-refractivity contribution in [1.29, 1.82) is 0 Å². The standard InChI is InChI=1S/C15H19ClF2N2OSi/c1-15(21-22(2,3)10-16,9-20-7-6-19-11-20)13-5-4-12(17)8-14(13)18/h4-8,11H,9-10H2,1-3H3. The Kier molecular flexibility index (Phi) is 5.04. The van der Waals surface area contributed by atoms with Gasteiger partial charge in [-0.2, -0.15) is 0 Å². The molecule has 1 aromatic heterocycles. The zero-order valence-corrected chi connectivity index (χ0v) is 14.6. The van der Waals surface area contributed by atoms with E-state index in [-0.39, 0.29) is 0 Å². The first kappa shape index (κ1) is 17.1. The Balaban J connectivity index is 2.44. The van der Waals surface area contributed by atoms with E-state index in [1.807, 2.05) is 17.7 Å². The molecule has 0 fully saturated rings. The monoisotopic (exact) mass is 344 g/mol. The molecule has 7 heteroatoms. The summed E-state index contributed by atoms with van der Waals surface area (Å²) in [7, 11) is -2.19. The fourth-order valence-electron chi connectivity index (χ4n) is 2.46. The summed E-state index contributed by atoms with van der Waals surface area (Å²) < 4.78 is 35.6. The van der Waals surface area contributed by atoms with Crippen molar-refractivity contribution >= 4 is 19.9 Å². The van der Waals surface area contributed by atoms with Gasteiger partial charge in [-0.1, -0.05) is 6.07 Å². The minimum absolute atomic E-state index is 0.313. The number of rotatable bonds is 6. The predicted octanol–water partition coefficient (Wildman–Crippen LogP) is 4.08. The van der Waals surface area contributed by atoms with Crippen LogP contribution >= 0.6 is 11.6 Å². The fourth-order valence-corrected chi connectivity index (χ4v) is 4.07. The van der Waals surface area contributed by atoms with Crippen LogP contribution in [0.2, 0.25) is 13.1 Å². The molecule has 0 radical (unpaired) electrons. The van der Waals surface area contributed by atoms with E-state index < -0.39 is 25.6 Å². The van der Waals surface area contributed by atoms with Gasteiger partial charge in [0.15, 0.2) is 0 Å². The Morgan fingerprint density at radius 1 is 1.36 bits per heavy atom. The molecule has 0 spiro atoms. The summed E-state index contributed by atoms with van der Waals surface area (Å²) >= 11 is 6.00. The van der Waals surface area contributed by atoms with Crippen molar-refractivity contribution in [2.45, 2.75) is 32.2 Å². The molecule has 2 aromatic rings. The third-order valence-electron chi connectivity index (χ3n) is 3.37. The second-order valence-corrected chi connectivity index (χ2v) is 10.9. The summed E-state index contributed by atoms with van der Waals surface area (Å²) in [6.07, 6.45) is 5.06. The van der Waals surface area contributed by atoms with Gasteiger partial charge in [-0.3, -0.25) is 0 Å². The smallest absolute Gasteiger partial charge is 0.202 e. The molecule has 0 aliphatic rings. The maximum absolute atomic E-state index is 14.3. The van der Waals surface area contributed by atoms with Gasteiger partial charge in [-0.15, -0.1) is 11.6 Å². The van der Waals surface area contributed by atoms with Crippen LogP contribution in [0.3, 0.4) is 0 Å². The first-order valence-electron chi connectivity index (χ1n) is 6.93. The fraction of sp³-hybridized carbons (Fsp3) is 0.400. The van der Waals surface area contributed by atoms with Crippen LogP contribution in [0, 0.1) is 11.6 Å². The van der Waals surface area contributed by atoms with Crippen LogP contribution in [0.5, 0.6) is 0 Å². The van der Waals surface area contributed by atoms with E-state index in [9.17, 15) is 8.78 Å². The van der Waals surface area contributed by atoms with Crippen molar-refractivity contribution < 1.29 is 13.2 Å². The van der Waals surface area contributed by atoms with Crippen LogP contribution in [0.4, 0.5) is 8.78 Å². The minimum atomic E-state index is -2.19. The Morgan fingerprint density at radius 2 is 2.09 bits per heavy atom. The Bertz CT molecular complexity index is 636. The van der Waals surface area contributed by atoms with E-state index in [0.29, 0.717) is 17.6 Å². The lowest BCUT2D eigenvalue weighted by Gasteiger charge is -2.38. The minimum Gasteiger partial charge on any atom is -0.405 e. The molecular weight excluding hydrogens is 326 g/mol. The summed E-state index contributed by atoms with van der Waals surface area (Å²) in [4.78, 5) is 3.99. The van der Waals surface area contributed by atoms with E-state index in [1.165, 1.54) is 12.1 Å². The molecule has 2 rings (SSSR count). The number of hydrogen-bond donors (Lipinski definition) is 0. The molecule has 1 aromatic carbocycles. The van der Waals surface area contributed by atoms with Crippen molar-refractivity contribution in [3.8, 4) is 0 Å². The van der Waals surface area contributed by atoms with Crippen LogP contribution in [0.1, 0.15) is 12.5 Å². The lowest BCUT2D eigenvalue weighted by molar-refractivity contribution is 0.0544. The number of halogens is 3. The molecule has 1 unspecified atom stereocenters. The maximum Gasteiger partial charge on any atom is 0.202 e. The predicted molar refractivity (Wildman–Crippen MR) is 85.2 cm³/mol. The summed E-state index contributed by atoms with van der Waals surface area (Å²) in [5, 5.41) is 0. The molecule has 0 saturated heterocycles. The summed E-state index contributed by atoms with van der Waals surface area (Å²) in [5.41, 5.74) is -0.258. The first-order valence-corrected chi connectivity index (χ1v) is 10.6. The van der Waals surface area contributed by atoms with E-state index in [2.05, 4.69) is 4.98 Å².